The highest BCUT2D eigenvalue weighted by Crippen LogP contribution is 2.28. The highest BCUT2D eigenvalue weighted by atomic mass is 19.1. The molecule has 0 heterocycles. The average Bonchev–Trinajstić information content (AvgIpc) is 2.51. The SMILES string of the molecule is [C-]#[N+]c1ccc(Oc2ccc(OC(C)C(=O)[O-])cc2)c(F)c1. The number of carbonyl (C=O) groups is 1. The molecule has 2 rings (SSSR count). The minimum absolute atomic E-state index is 0.0100. The molecular weight excluding hydrogens is 289 g/mol. The lowest BCUT2D eigenvalue weighted by molar-refractivity contribution is -0.312. The van der Waals surface area contributed by atoms with Crippen LogP contribution in [0, 0.1) is 12.4 Å². The maximum absolute atomic E-state index is 13.7. The Morgan fingerprint density at radius 2 is 1.86 bits per heavy atom. The lowest BCUT2D eigenvalue weighted by atomic mass is 10.3. The van der Waals surface area contributed by atoms with E-state index in [1.165, 1.54) is 43.3 Å². The van der Waals surface area contributed by atoms with E-state index in [9.17, 15) is 14.3 Å². The highest BCUT2D eigenvalue weighted by molar-refractivity contribution is 5.69. The molecule has 1 unspecified atom stereocenters. The smallest absolute Gasteiger partial charge is 0.190 e. The van der Waals surface area contributed by atoms with Crippen LogP contribution in [0.3, 0.4) is 0 Å². The van der Waals surface area contributed by atoms with E-state index in [1.807, 2.05) is 0 Å². The molecule has 0 aliphatic rings. The molecule has 2 aromatic carbocycles. The van der Waals surface area contributed by atoms with Crippen molar-refractivity contribution < 1.29 is 23.8 Å². The van der Waals surface area contributed by atoms with Crippen LogP contribution in [0.15, 0.2) is 42.5 Å². The predicted octanol–water partition coefficient (Wildman–Crippen LogP) is 2.69. The van der Waals surface area contributed by atoms with E-state index in [1.54, 1.807) is 0 Å². The van der Waals surface area contributed by atoms with E-state index in [0.29, 0.717) is 11.5 Å². The van der Waals surface area contributed by atoms with Gasteiger partial charge in [-0.3, -0.25) is 0 Å². The fraction of sp³-hybridized carbons (Fsp3) is 0.125. The molecule has 0 saturated carbocycles. The first-order chi connectivity index (χ1) is 10.5. The first-order valence-electron chi connectivity index (χ1n) is 6.32. The number of carboxylic acids is 1. The van der Waals surface area contributed by atoms with Crippen LogP contribution in [0.5, 0.6) is 17.2 Å². The zero-order chi connectivity index (χ0) is 16.1. The summed E-state index contributed by atoms with van der Waals surface area (Å²) >= 11 is 0. The molecular formula is C16H11FNO4-. The Morgan fingerprint density at radius 3 is 2.41 bits per heavy atom. The molecule has 1 atom stereocenters. The number of nitrogens with zero attached hydrogens (tertiary/aromatic N) is 1. The van der Waals surface area contributed by atoms with Gasteiger partial charge in [-0.15, -0.1) is 0 Å². The maximum atomic E-state index is 13.7. The van der Waals surface area contributed by atoms with Crippen LogP contribution in [-0.2, 0) is 4.79 Å². The van der Waals surface area contributed by atoms with Gasteiger partial charge < -0.3 is 19.4 Å². The topological polar surface area (TPSA) is 63.0 Å². The molecule has 0 aliphatic carbocycles. The zero-order valence-corrected chi connectivity index (χ0v) is 11.6. The molecule has 5 nitrogen and oxygen atoms in total. The van der Waals surface area contributed by atoms with Gasteiger partial charge in [0.2, 0.25) is 0 Å². The molecule has 0 aliphatic heterocycles. The third kappa shape index (κ3) is 3.73. The van der Waals surface area contributed by atoms with Crippen molar-refractivity contribution in [1.82, 2.24) is 0 Å². The van der Waals surface area contributed by atoms with Crippen molar-refractivity contribution in [3.63, 3.8) is 0 Å². The van der Waals surface area contributed by atoms with Crippen molar-refractivity contribution >= 4 is 11.7 Å². The van der Waals surface area contributed by atoms with Crippen LogP contribution in [-0.4, -0.2) is 12.1 Å². The minimum atomic E-state index is -1.32. The minimum Gasteiger partial charge on any atom is -0.546 e. The van der Waals surface area contributed by atoms with Crippen molar-refractivity contribution in [3.8, 4) is 17.2 Å². The normalized spacial score (nSPS) is 11.3. The van der Waals surface area contributed by atoms with Crippen LogP contribution >= 0.6 is 0 Å². The Morgan fingerprint density at radius 1 is 1.23 bits per heavy atom. The molecule has 0 radical (unpaired) electrons. The number of hydrogen-bond donors (Lipinski definition) is 0. The fourth-order valence-electron chi connectivity index (χ4n) is 1.61. The van der Waals surface area contributed by atoms with E-state index in [0.717, 1.165) is 6.07 Å². The zero-order valence-electron chi connectivity index (χ0n) is 11.6. The Bertz CT molecular complexity index is 722. The molecule has 0 N–H and O–H groups in total. The number of ether oxygens (including phenoxy) is 2. The summed E-state index contributed by atoms with van der Waals surface area (Å²) in [6, 6.07) is 9.93. The number of halogens is 1. The molecule has 0 fully saturated rings. The van der Waals surface area contributed by atoms with Crippen LogP contribution in [0.4, 0.5) is 10.1 Å². The van der Waals surface area contributed by atoms with Gasteiger partial charge in [-0.1, -0.05) is 6.07 Å². The summed E-state index contributed by atoms with van der Waals surface area (Å²) in [5.41, 5.74) is 0.185. The Hall–Kier alpha value is -3.07. The first-order valence-corrected chi connectivity index (χ1v) is 6.32. The Labute approximate surface area is 126 Å². The van der Waals surface area contributed by atoms with Crippen LogP contribution in [0.2, 0.25) is 0 Å². The van der Waals surface area contributed by atoms with Gasteiger partial charge in [0.05, 0.1) is 12.5 Å². The van der Waals surface area contributed by atoms with Gasteiger partial charge in [-0.2, -0.15) is 0 Å². The van der Waals surface area contributed by atoms with Crippen molar-refractivity contribution in [2.45, 2.75) is 13.0 Å². The molecule has 112 valence electrons. The number of benzene rings is 2. The van der Waals surface area contributed by atoms with Gasteiger partial charge in [0.25, 0.3) is 0 Å². The van der Waals surface area contributed by atoms with Crippen molar-refractivity contribution in [2.24, 2.45) is 0 Å². The van der Waals surface area contributed by atoms with E-state index in [2.05, 4.69) is 4.85 Å². The number of carbonyl (C=O) groups excluding carboxylic acids is 1. The second kappa shape index (κ2) is 6.59. The third-order valence-corrected chi connectivity index (χ3v) is 2.74. The summed E-state index contributed by atoms with van der Waals surface area (Å²) in [5, 5.41) is 10.6. The van der Waals surface area contributed by atoms with Gasteiger partial charge in [0.15, 0.2) is 17.3 Å². The lowest BCUT2D eigenvalue weighted by Crippen LogP contribution is -2.37. The Balaban J connectivity index is 2.08. The monoisotopic (exact) mass is 300 g/mol. The molecule has 0 aromatic heterocycles. The van der Waals surface area contributed by atoms with Crippen LogP contribution < -0.4 is 14.6 Å². The third-order valence-electron chi connectivity index (χ3n) is 2.74. The van der Waals surface area contributed by atoms with Crippen molar-refractivity contribution in [3.05, 3.63) is 59.7 Å². The van der Waals surface area contributed by atoms with Crippen LogP contribution in [0.1, 0.15) is 6.92 Å². The molecule has 0 saturated heterocycles. The van der Waals surface area contributed by atoms with Crippen molar-refractivity contribution in [2.75, 3.05) is 0 Å². The second-order valence-electron chi connectivity index (χ2n) is 4.38. The lowest BCUT2D eigenvalue weighted by Gasteiger charge is -2.15. The highest BCUT2D eigenvalue weighted by Gasteiger charge is 2.08. The van der Waals surface area contributed by atoms with E-state index in [4.69, 9.17) is 16.0 Å². The summed E-state index contributed by atoms with van der Waals surface area (Å²) in [5.74, 6) is -1.29. The summed E-state index contributed by atoms with van der Waals surface area (Å²) in [6.45, 7) is 8.15. The van der Waals surface area contributed by atoms with Crippen molar-refractivity contribution in [1.29, 1.82) is 0 Å². The van der Waals surface area contributed by atoms with Gasteiger partial charge in [0.1, 0.15) is 17.6 Å². The van der Waals surface area contributed by atoms with E-state index in [-0.39, 0.29) is 11.4 Å². The summed E-state index contributed by atoms with van der Waals surface area (Å²) in [7, 11) is 0. The van der Waals surface area contributed by atoms with Gasteiger partial charge in [-0.05, 0) is 43.3 Å². The molecule has 2 aromatic rings. The predicted molar refractivity (Wildman–Crippen MR) is 74.3 cm³/mol. The van der Waals surface area contributed by atoms with Gasteiger partial charge in [0, 0.05) is 0 Å². The molecule has 6 heteroatoms. The summed E-state index contributed by atoms with van der Waals surface area (Å²) in [4.78, 5) is 13.7. The second-order valence-corrected chi connectivity index (χ2v) is 4.38. The first kappa shape index (κ1) is 15.3. The maximum Gasteiger partial charge on any atom is 0.190 e. The van der Waals surface area contributed by atoms with Crippen LogP contribution in [0.25, 0.3) is 4.85 Å². The molecule has 0 amide bonds. The summed E-state index contributed by atoms with van der Waals surface area (Å²) < 4.78 is 24.2. The number of carboxylic acid groups (broad SMARTS) is 1. The largest absolute Gasteiger partial charge is 0.546 e. The number of hydrogen-bond acceptors (Lipinski definition) is 4. The van der Waals surface area contributed by atoms with E-state index < -0.39 is 17.9 Å². The standard InChI is InChI=1S/C16H12FNO4/c1-10(16(19)20)21-12-4-6-13(7-5-12)22-15-8-3-11(18-2)9-14(15)17/h3-10H,1H3,(H,19,20)/p-1. The van der Waals surface area contributed by atoms with E-state index >= 15 is 0 Å². The van der Waals surface area contributed by atoms with Gasteiger partial charge in [-0.25, -0.2) is 9.24 Å². The van der Waals surface area contributed by atoms with Gasteiger partial charge >= 0.3 is 0 Å². The molecule has 22 heavy (non-hydrogen) atoms. The molecule has 0 bridgehead atoms. The quantitative estimate of drug-likeness (QED) is 0.796. The summed E-state index contributed by atoms with van der Waals surface area (Å²) in [6.07, 6.45) is -1.08. The molecule has 0 spiro atoms. The number of rotatable bonds is 5. The average molecular weight is 300 g/mol. The Kier molecular flexibility index (Phi) is 4.59. The number of aliphatic carboxylic acids is 1. The fourth-order valence-corrected chi connectivity index (χ4v) is 1.61.